The molecule has 0 radical (unpaired) electrons. The van der Waals surface area contributed by atoms with Crippen LogP contribution < -0.4 is 10.1 Å². The van der Waals surface area contributed by atoms with E-state index < -0.39 is 0 Å². The Kier molecular flexibility index (Phi) is 6.30. The monoisotopic (exact) mass is 388 g/mol. The molecule has 0 amide bonds. The molecule has 21 heavy (non-hydrogen) atoms. The fourth-order valence-corrected chi connectivity index (χ4v) is 2.58. The molecule has 1 heterocycles. The molecule has 0 aliphatic rings. The molecular formula is C15H15BrCl2N2O. The van der Waals surface area contributed by atoms with Gasteiger partial charge in [-0.05, 0) is 37.2 Å². The van der Waals surface area contributed by atoms with E-state index in [4.69, 9.17) is 27.9 Å². The van der Waals surface area contributed by atoms with Gasteiger partial charge in [0.15, 0.2) is 0 Å². The van der Waals surface area contributed by atoms with E-state index in [2.05, 4.69) is 33.2 Å². The molecule has 1 aromatic carbocycles. The van der Waals surface area contributed by atoms with E-state index in [9.17, 15) is 0 Å². The van der Waals surface area contributed by atoms with Crippen LogP contribution in [-0.4, -0.2) is 11.5 Å². The number of halogens is 3. The Morgan fingerprint density at radius 2 is 2.00 bits per heavy atom. The van der Waals surface area contributed by atoms with Crippen LogP contribution in [0, 0.1) is 0 Å². The Bertz CT molecular complexity index is 623. The van der Waals surface area contributed by atoms with Gasteiger partial charge in [0, 0.05) is 17.1 Å². The second kappa shape index (κ2) is 7.99. The summed E-state index contributed by atoms with van der Waals surface area (Å²) >= 11 is 15.6. The number of ether oxygens (including phenoxy) is 1. The standard InChI is InChI=1S/C15H15BrCl2N2O/c1-2-7-19-9-13-11(17)4-6-15(20-13)21-14-5-3-10(16)8-12(14)18/h3-6,8,19H,2,7,9H2,1H3. The number of benzene rings is 1. The topological polar surface area (TPSA) is 34.2 Å². The first-order valence-corrected chi connectivity index (χ1v) is 8.14. The Hall–Kier alpha value is -0.810. The van der Waals surface area contributed by atoms with E-state index in [1.165, 1.54) is 0 Å². The molecule has 0 saturated heterocycles. The van der Waals surface area contributed by atoms with E-state index in [0.717, 1.165) is 23.1 Å². The lowest BCUT2D eigenvalue weighted by Crippen LogP contribution is -2.15. The third-order valence-electron chi connectivity index (χ3n) is 2.72. The number of hydrogen-bond donors (Lipinski definition) is 1. The zero-order chi connectivity index (χ0) is 15.2. The summed E-state index contributed by atoms with van der Waals surface area (Å²) in [6.45, 7) is 3.64. The number of nitrogens with one attached hydrogen (secondary N) is 1. The molecule has 0 unspecified atom stereocenters. The predicted molar refractivity (Wildman–Crippen MR) is 90.5 cm³/mol. The van der Waals surface area contributed by atoms with E-state index in [1.807, 2.05) is 6.07 Å². The van der Waals surface area contributed by atoms with E-state index in [0.29, 0.717) is 28.2 Å². The van der Waals surface area contributed by atoms with Gasteiger partial charge >= 0.3 is 0 Å². The lowest BCUT2D eigenvalue weighted by molar-refractivity contribution is 0.459. The normalized spacial score (nSPS) is 10.7. The van der Waals surface area contributed by atoms with Gasteiger partial charge in [-0.2, -0.15) is 0 Å². The molecule has 2 rings (SSSR count). The molecule has 1 N–H and O–H groups in total. The predicted octanol–water partition coefficient (Wildman–Crippen LogP) is 5.44. The summed E-state index contributed by atoms with van der Waals surface area (Å²) in [5, 5.41) is 4.41. The average molecular weight is 390 g/mol. The van der Waals surface area contributed by atoms with Crippen molar-refractivity contribution >= 4 is 39.1 Å². The van der Waals surface area contributed by atoms with Crippen LogP contribution in [0.2, 0.25) is 10.0 Å². The van der Waals surface area contributed by atoms with Crippen molar-refractivity contribution in [2.24, 2.45) is 0 Å². The van der Waals surface area contributed by atoms with Crippen LogP contribution in [0.1, 0.15) is 19.0 Å². The van der Waals surface area contributed by atoms with Crippen LogP contribution in [0.15, 0.2) is 34.8 Å². The first-order chi connectivity index (χ1) is 10.1. The number of rotatable bonds is 6. The third-order valence-corrected chi connectivity index (χ3v) is 3.85. The highest BCUT2D eigenvalue weighted by molar-refractivity contribution is 9.10. The van der Waals surface area contributed by atoms with E-state index >= 15 is 0 Å². The van der Waals surface area contributed by atoms with Gasteiger partial charge in [0.2, 0.25) is 5.88 Å². The van der Waals surface area contributed by atoms with Crippen LogP contribution in [-0.2, 0) is 6.54 Å². The second-order valence-electron chi connectivity index (χ2n) is 4.43. The minimum absolute atomic E-state index is 0.469. The summed E-state index contributed by atoms with van der Waals surface area (Å²) < 4.78 is 6.61. The van der Waals surface area contributed by atoms with Crippen molar-refractivity contribution in [3.05, 3.63) is 50.5 Å². The van der Waals surface area contributed by atoms with Crippen LogP contribution in [0.5, 0.6) is 11.6 Å². The third kappa shape index (κ3) is 4.85. The zero-order valence-electron chi connectivity index (χ0n) is 11.5. The van der Waals surface area contributed by atoms with Crippen molar-refractivity contribution in [2.45, 2.75) is 19.9 Å². The quantitative estimate of drug-likeness (QED) is 0.667. The van der Waals surface area contributed by atoms with Crippen molar-refractivity contribution in [3.8, 4) is 11.6 Å². The van der Waals surface area contributed by atoms with Crippen molar-refractivity contribution in [1.29, 1.82) is 0 Å². The van der Waals surface area contributed by atoms with Gasteiger partial charge in [-0.25, -0.2) is 4.98 Å². The first kappa shape index (κ1) is 16.6. The van der Waals surface area contributed by atoms with Gasteiger partial charge < -0.3 is 10.1 Å². The summed E-state index contributed by atoms with van der Waals surface area (Å²) in [4.78, 5) is 4.42. The van der Waals surface area contributed by atoms with Crippen LogP contribution in [0.3, 0.4) is 0 Å². The Balaban J connectivity index is 2.14. The maximum atomic E-state index is 6.14. The summed E-state index contributed by atoms with van der Waals surface area (Å²) in [5.74, 6) is 1.03. The molecule has 0 bridgehead atoms. The van der Waals surface area contributed by atoms with Crippen molar-refractivity contribution in [1.82, 2.24) is 10.3 Å². The molecule has 0 fully saturated rings. The first-order valence-electron chi connectivity index (χ1n) is 6.59. The van der Waals surface area contributed by atoms with Crippen LogP contribution >= 0.6 is 39.1 Å². The Labute approximate surface area is 142 Å². The molecule has 3 nitrogen and oxygen atoms in total. The molecule has 0 spiro atoms. The van der Waals surface area contributed by atoms with Gasteiger partial charge in [0.05, 0.1) is 15.7 Å². The highest BCUT2D eigenvalue weighted by atomic mass is 79.9. The van der Waals surface area contributed by atoms with Crippen molar-refractivity contribution < 1.29 is 4.74 Å². The number of nitrogens with zero attached hydrogens (tertiary/aromatic N) is 1. The molecule has 0 saturated carbocycles. The molecule has 6 heteroatoms. The Morgan fingerprint density at radius 3 is 2.71 bits per heavy atom. The van der Waals surface area contributed by atoms with Crippen LogP contribution in [0.25, 0.3) is 0 Å². The van der Waals surface area contributed by atoms with E-state index in [-0.39, 0.29) is 0 Å². The van der Waals surface area contributed by atoms with Crippen molar-refractivity contribution in [3.63, 3.8) is 0 Å². The largest absolute Gasteiger partial charge is 0.437 e. The van der Waals surface area contributed by atoms with Crippen LogP contribution in [0.4, 0.5) is 0 Å². The minimum atomic E-state index is 0.469. The second-order valence-corrected chi connectivity index (χ2v) is 6.16. The lowest BCUT2D eigenvalue weighted by Gasteiger charge is -2.10. The minimum Gasteiger partial charge on any atom is -0.437 e. The fourth-order valence-electron chi connectivity index (χ4n) is 1.70. The van der Waals surface area contributed by atoms with Gasteiger partial charge in [-0.3, -0.25) is 0 Å². The maximum absolute atomic E-state index is 6.14. The SMILES string of the molecule is CCCNCc1nc(Oc2ccc(Br)cc2Cl)ccc1Cl. The molecule has 1 aromatic heterocycles. The van der Waals surface area contributed by atoms with Gasteiger partial charge in [0.25, 0.3) is 0 Å². The number of aromatic nitrogens is 1. The molecule has 0 aliphatic heterocycles. The summed E-state index contributed by atoms with van der Waals surface area (Å²) in [6.07, 6.45) is 1.06. The van der Waals surface area contributed by atoms with E-state index in [1.54, 1.807) is 24.3 Å². The fraction of sp³-hybridized carbons (Fsp3) is 0.267. The molecule has 2 aromatic rings. The van der Waals surface area contributed by atoms with Gasteiger partial charge in [0.1, 0.15) is 5.75 Å². The van der Waals surface area contributed by atoms with Gasteiger partial charge in [-0.15, -0.1) is 0 Å². The highest BCUT2D eigenvalue weighted by Gasteiger charge is 2.08. The number of hydrogen-bond acceptors (Lipinski definition) is 3. The average Bonchev–Trinajstić information content (AvgIpc) is 2.45. The molecule has 0 atom stereocenters. The summed E-state index contributed by atoms with van der Waals surface area (Å²) in [5.41, 5.74) is 0.760. The molecule has 112 valence electrons. The van der Waals surface area contributed by atoms with Crippen molar-refractivity contribution in [2.75, 3.05) is 6.54 Å². The maximum Gasteiger partial charge on any atom is 0.219 e. The molecular weight excluding hydrogens is 375 g/mol. The zero-order valence-corrected chi connectivity index (χ0v) is 14.6. The summed E-state index contributed by atoms with van der Waals surface area (Å²) in [7, 11) is 0. The number of pyridine rings is 1. The Morgan fingerprint density at radius 1 is 1.19 bits per heavy atom. The molecule has 0 aliphatic carbocycles. The highest BCUT2D eigenvalue weighted by Crippen LogP contribution is 2.31. The smallest absolute Gasteiger partial charge is 0.219 e. The van der Waals surface area contributed by atoms with Gasteiger partial charge in [-0.1, -0.05) is 46.1 Å². The lowest BCUT2D eigenvalue weighted by atomic mass is 10.3. The summed E-state index contributed by atoms with van der Waals surface area (Å²) in [6, 6.07) is 8.93.